The van der Waals surface area contributed by atoms with Crippen LogP contribution in [0.5, 0.6) is 0 Å². The maximum absolute atomic E-state index is 5.01. The summed E-state index contributed by atoms with van der Waals surface area (Å²) in [7, 11) is 0.323. The zero-order valence-corrected chi connectivity index (χ0v) is 7.16. The Morgan fingerprint density at radius 3 is 2.60 bits per heavy atom. The summed E-state index contributed by atoms with van der Waals surface area (Å²) in [6.07, 6.45) is 0. The van der Waals surface area contributed by atoms with Crippen molar-refractivity contribution in [3.05, 3.63) is 0 Å². The minimum absolute atomic E-state index is 0.491. The summed E-state index contributed by atoms with van der Waals surface area (Å²) in [6.45, 7) is 0. The monoisotopic (exact) mass is 127 g/mol. The van der Waals surface area contributed by atoms with Crippen molar-refractivity contribution in [3.63, 3.8) is 0 Å². The second kappa shape index (κ2) is 4.64. The molecule has 0 bridgehead atoms. The van der Waals surface area contributed by atoms with Crippen molar-refractivity contribution in [2.24, 2.45) is 0 Å². The Hall–Kier alpha value is 0.644. The third-order valence-corrected chi connectivity index (χ3v) is 1.79. The van der Waals surface area contributed by atoms with E-state index in [-0.39, 0.29) is 0 Å². The predicted octanol–water partition coefficient (Wildman–Crippen LogP) is -1.97. The van der Waals surface area contributed by atoms with Crippen molar-refractivity contribution in [2.75, 3.05) is 0 Å². The maximum atomic E-state index is 5.01. The fourth-order valence-electron chi connectivity index (χ4n) is 0.0546. The molecule has 0 amide bonds. The first-order valence-electron chi connectivity index (χ1n) is 1.24. The zero-order valence-electron chi connectivity index (χ0n) is 2.99. The molecule has 0 spiro atoms. The highest BCUT2D eigenvalue weighted by atomic mass is 35.5. The molecule has 0 aromatic carbocycles. The molecule has 0 saturated carbocycles. The molecule has 0 fully saturated rings. The first kappa shape index (κ1) is 5.64. The fraction of sp³-hybridized carbons (Fsp3) is 0. The van der Waals surface area contributed by atoms with Gasteiger partial charge in [0.25, 0.3) is 0 Å². The number of halogens is 1. The van der Waals surface area contributed by atoms with Crippen molar-refractivity contribution in [1.29, 1.82) is 0 Å². The van der Waals surface area contributed by atoms with Crippen LogP contribution in [0.4, 0.5) is 0 Å². The van der Waals surface area contributed by atoms with Gasteiger partial charge in [-0.25, -0.2) is 4.50 Å². The normalized spacial score (nSPS) is 11.4. The van der Waals surface area contributed by atoms with E-state index in [0.29, 0.717) is 0 Å². The van der Waals surface area contributed by atoms with E-state index in [1.165, 1.54) is 0 Å². The Kier molecular flexibility index (Phi) is 5.24. The Balaban J connectivity index is 2.19. The van der Waals surface area contributed by atoms with Gasteiger partial charge >= 0.3 is 0 Å². The van der Waals surface area contributed by atoms with Gasteiger partial charge in [-0.2, -0.15) is 0 Å². The summed E-state index contributed by atoms with van der Waals surface area (Å²) in [6, 6.07) is 0. The molecular weight excluding hydrogens is 122 g/mol. The van der Waals surface area contributed by atoms with E-state index in [1.807, 2.05) is 0 Å². The molecule has 0 saturated heterocycles. The molecule has 0 aliphatic carbocycles. The Morgan fingerprint density at radius 2 is 2.60 bits per heavy atom. The summed E-state index contributed by atoms with van der Waals surface area (Å²) in [5.41, 5.74) is 0. The standard InChI is InChI=1S/ClH6NOSi2/c1-2-5-3-4/h2H,5H2,4H3. The smallest absolute Gasteiger partial charge is 0.238 e. The maximum Gasteiger partial charge on any atom is 0.238 e. The van der Waals surface area contributed by atoms with Crippen LogP contribution in [-0.2, 0) is 4.12 Å². The van der Waals surface area contributed by atoms with Crippen molar-refractivity contribution in [1.82, 2.24) is 4.50 Å². The van der Waals surface area contributed by atoms with E-state index in [4.69, 9.17) is 15.9 Å². The molecule has 1 N–H and O–H groups in total. The summed E-state index contributed by atoms with van der Waals surface area (Å²) in [5, 5.41) is 0. The Morgan fingerprint density at radius 1 is 2.00 bits per heavy atom. The highest BCUT2D eigenvalue weighted by Gasteiger charge is 1.67. The van der Waals surface area contributed by atoms with Crippen LogP contribution in [0.3, 0.4) is 0 Å². The van der Waals surface area contributed by atoms with E-state index in [1.54, 1.807) is 0 Å². The van der Waals surface area contributed by atoms with Crippen LogP contribution in [0.15, 0.2) is 0 Å². The van der Waals surface area contributed by atoms with E-state index in [2.05, 4.69) is 4.50 Å². The van der Waals surface area contributed by atoms with Crippen LogP contribution in [0.2, 0.25) is 0 Å². The van der Waals surface area contributed by atoms with Gasteiger partial charge < -0.3 is 4.12 Å². The molecule has 0 atom stereocenters. The van der Waals surface area contributed by atoms with Gasteiger partial charge in [-0.15, -0.1) is 0 Å². The van der Waals surface area contributed by atoms with E-state index >= 15 is 0 Å². The summed E-state index contributed by atoms with van der Waals surface area (Å²) < 4.78 is 7.17. The lowest BCUT2D eigenvalue weighted by Gasteiger charge is -1.84. The molecule has 0 aromatic rings. The minimum Gasteiger partial charge on any atom is -0.457 e. The fourth-order valence-corrected chi connectivity index (χ4v) is 1.47. The molecule has 0 aliphatic rings. The molecule has 5 heavy (non-hydrogen) atoms. The zero-order chi connectivity index (χ0) is 4.12. The third kappa shape index (κ3) is 4.64. The first-order valence-corrected chi connectivity index (χ1v) is 3.72. The molecule has 0 unspecified atom stereocenters. The molecule has 0 aliphatic heterocycles. The SMILES string of the molecule is [SiH3]O[SiH2]NCl. The van der Waals surface area contributed by atoms with Crippen LogP contribution >= 0.6 is 11.8 Å². The topological polar surface area (TPSA) is 21.3 Å². The molecular formula is H6ClNOSi2. The van der Waals surface area contributed by atoms with Crippen LogP contribution in [0.1, 0.15) is 0 Å². The van der Waals surface area contributed by atoms with Crippen molar-refractivity contribution in [3.8, 4) is 0 Å². The number of nitrogens with one attached hydrogen (secondary N) is 1. The number of rotatable bonds is 2. The van der Waals surface area contributed by atoms with Gasteiger partial charge in [-0.05, 0) is 11.8 Å². The van der Waals surface area contributed by atoms with Crippen LogP contribution in [0, 0.1) is 0 Å². The Labute approximate surface area is 41.5 Å². The lowest BCUT2D eigenvalue weighted by Crippen LogP contribution is -2.08. The van der Waals surface area contributed by atoms with Gasteiger partial charge in [-0.3, -0.25) is 0 Å². The van der Waals surface area contributed by atoms with Gasteiger partial charge in [0.2, 0.25) is 9.92 Å². The molecule has 32 valence electrons. The lowest BCUT2D eigenvalue weighted by molar-refractivity contribution is 0.659. The van der Waals surface area contributed by atoms with E-state index < -0.39 is 9.92 Å². The van der Waals surface area contributed by atoms with Gasteiger partial charge in [0.15, 0.2) is 0 Å². The van der Waals surface area contributed by atoms with E-state index in [0.717, 1.165) is 10.5 Å². The molecule has 5 heteroatoms. The molecule has 0 radical (unpaired) electrons. The van der Waals surface area contributed by atoms with E-state index in [9.17, 15) is 0 Å². The second-order valence-corrected chi connectivity index (χ2v) is 4.23. The quantitative estimate of drug-likeness (QED) is 0.343. The Bertz CT molecular complexity index is 17.1. The van der Waals surface area contributed by atoms with Gasteiger partial charge in [0.05, 0.1) is 0 Å². The number of hydrogen-bond donors (Lipinski definition) is 1. The van der Waals surface area contributed by atoms with Gasteiger partial charge in [-0.1, -0.05) is 0 Å². The molecule has 0 aromatic heterocycles. The second-order valence-electron chi connectivity index (χ2n) is 0.567. The average molecular weight is 128 g/mol. The first-order chi connectivity index (χ1) is 2.41. The summed E-state index contributed by atoms with van der Waals surface area (Å²) in [4.78, 5) is 0. The average Bonchev–Trinajstić information content (AvgIpc) is 1.41. The highest BCUT2D eigenvalue weighted by molar-refractivity contribution is 6.42. The minimum atomic E-state index is -0.491. The van der Waals surface area contributed by atoms with Crippen LogP contribution in [0.25, 0.3) is 0 Å². The van der Waals surface area contributed by atoms with Crippen LogP contribution < -0.4 is 4.50 Å². The summed E-state index contributed by atoms with van der Waals surface area (Å²) in [5.74, 6) is 0. The highest BCUT2D eigenvalue weighted by Crippen LogP contribution is 1.53. The molecule has 0 rings (SSSR count). The van der Waals surface area contributed by atoms with Gasteiger partial charge in [0.1, 0.15) is 10.5 Å². The van der Waals surface area contributed by atoms with Crippen molar-refractivity contribution < 1.29 is 4.12 Å². The summed E-state index contributed by atoms with van der Waals surface area (Å²) >= 11 is 5.01. The van der Waals surface area contributed by atoms with Crippen molar-refractivity contribution >= 4 is 32.2 Å². The predicted molar refractivity (Wildman–Crippen MR) is 28.6 cm³/mol. The molecule has 0 heterocycles. The third-order valence-electron chi connectivity index (χ3n) is 0.199. The lowest BCUT2D eigenvalue weighted by atomic mass is 13.9. The van der Waals surface area contributed by atoms with Crippen molar-refractivity contribution in [2.45, 2.75) is 0 Å². The van der Waals surface area contributed by atoms with Crippen LogP contribution in [-0.4, -0.2) is 20.4 Å². The van der Waals surface area contributed by atoms with Gasteiger partial charge in [0, 0.05) is 0 Å². The largest absolute Gasteiger partial charge is 0.457 e. The molecule has 2 nitrogen and oxygen atoms in total. The number of hydrogen-bond acceptors (Lipinski definition) is 2.